The largest absolute Gasteiger partial charge is 0.444 e. The molecule has 0 unspecified atom stereocenters. The number of aromatic amines is 1. The van der Waals surface area contributed by atoms with Gasteiger partial charge in [0, 0.05) is 97.5 Å². The van der Waals surface area contributed by atoms with Crippen molar-refractivity contribution in [2.24, 2.45) is 5.41 Å². The van der Waals surface area contributed by atoms with Crippen LogP contribution in [-0.4, -0.2) is 106 Å². The third kappa shape index (κ3) is 10.4. The summed E-state index contributed by atoms with van der Waals surface area (Å²) in [6.45, 7) is 20.7. The lowest BCUT2D eigenvalue weighted by Gasteiger charge is -2.39. The van der Waals surface area contributed by atoms with Crippen molar-refractivity contribution in [1.29, 1.82) is 5.26 Å². The highest BCUT2D eigenvalue weighted by molar-refractivity contribution is 6.20. The van der Waals surface area contributed by atoms with Gasteiger partial charge in [-0.1, -0.05) is 46.8 Å². The number of nitrogens with two attached hydrogens (primary N) is 1. The number of aryl methyl sites for hydroxylation is 3. The first-order valence-corrected chi connectivity index (χ1v) is 23.7. The van der Waals surface area contributed by atoms with E-state index >= 15 is 0 Å². The number of alkyl carbamates (subject to hydrolysis) is 1. The summed E-state index contributed by atoms with van der Waals surface area (Å²) in [6, 6.07) is 12.7. The Morgan fingerprint density at radius 2 is 1.73 bits per heavy atom. The number of piperazine rings is 1. The maximum atomic E-state index is 14.1. The first-order chi connectivity index (χ1) is 31.6. The highest BCUT2D eigenvalue weighted by Gasteiger charge is 2.43. The molecule has 2 fully saturated rings. The van der Waals surface area contributed by atoms with Gasteiger partial charge in [0.25, 0.3) is 0 Å². The molecule has 5 N–H and O–H groups in total. The van der Waals surface area contributed by atoms with Crippen LogP contribution in [0.1, 0.15) is 137 Å². The fourth-order valence-corrected chi connectivity index (χ4v) is 9.97. The Bertz CT molecular complexity index is 2630. The van der Waals surface area contributed by atoms with Gasteiger partial charge in [0.2, 0.25) is 17.7 Å². The van der Waals surface area contributed by atoms with E-state index in [4.69, 9.17) is 10.5 Å². The van der Waals surface area contributed by atoms with Gasteiger partial charge in [0.15, 0.2) is 5.78 Å². The number of ether oxygens (including phenoxy) is 1. The molecule has 1 aliphatic carbocycles. The number of hydrogen-bond donors (Lipinski definition) is 4. The number of pyridine rings is 1. The molecule has 0 bridgehead atoms. The zero-order valence-electron chi connectivity index (χ0n) is 40.7. The van der Waals surface area contributed by atoms with Crippen molar-refractivity contribution >= 4 is 52.0 Å². The van der Waals surface area contributed by atoms with Crippen molar-refractivity contribution in [1.82, 2.24) is 30.4 Å². The Morgan fingerprint density at radius 1 is 1.00 bits per heavy atom. The fraction of sp³-hybridized carbons (Fsp3) is 0.519. The molecule has 4 heterocycles. The van der Waals surface area contributed by atoms with Gasteiger partial charge >= 0.3 is 6.09 Å². The van der Waals surface area contributed by atoms with Crippen LogP contribution in [0.15, 0.2) is 42.6 Å². The predicted octanol–water partition coefficient (Wildman–Crippen LogP) is 6.71. The number of fused-ring (bicyclic) bond motifs is 4. The molecule has 356 valence electrons. The monoisotopic (exact) mass is 914 g/mol. The summed E-state index contributed by atoms with van der Waals surface area (Å²) in [6.07, 6.45) is 4.88. The topological polar surface area (TPSA) is 207 Å². The van der Waals surface area contributed by atoms with Crippen LogP contribution < -0.4 is 21.3 Å². The van der Waals surface area contributed by atoms with E-state index in [1.807, 2.05) is 30.9 Å². The number of hydrogen-bond acceptors (Lipinski definition) is 10. The van der Waals surface area contributed by atoms with E-state index in [1.54, 1.807) is 44.0 Å². The molecule has 2 atom stereocenters. The molecular weight excluding hydrogens is 847 g/mol. The van der Waals surface area contributed by atoms with Gasteiger partial charge in [-0.15, -0.1) is 0 Å². The first kappa shape index (κ1) is 48.5. The van der Waals surface area contributed by atoms with Crippen LogP contribution in [0.3, 0.4) is 0 Å². The van der Waals surface area contributed by atoms with E-state index in [0.717, 1.165) is 56.5 Å². The van der Waals surface area contributed by atoms with Crippen molar-refractivity contribution in [3.05, 3.63) is 87.2 Å². The second-order valence-corrected chi connectivity index (χ2v) is 20.7. The highest BCUT2D eigenvalue weighted by atomic mass is 16.6. The number of nitrogen functional groups attached to an aromatic ring is 1. The van der Waals surface area contributed by atoms with Gasteiger partial charge in [-0.3, -0.25) is 19.2 Å². The number of anilines is 2. The van der Waals surface area contributed by atoms with E-state index in [-0.39, 0.29) is 35.0 Å². The van der Waals surface area contributed by atoms with Crippen LogP contribution in [0.2, 0.25) is 0 Å². The summed E-state index contributed by atoms with van der Waals surface area (Å²) in [5.41, 5.74) is 13.3. The third-order valence-corrected chi connectivity index (χ3v) is 13.8. The van der Waals surface area contributed by atoms with Gasteiger partial charge in [0.05, 0.1) is 23.2 Å². The summed E-state index contributed by atoms with van der Waals surface area (Å²) in [4.78, 5) is 80.3. The van der Waals surface area contributed by atoms with Crippen LogP contribution in [0.25, 0.3) is 10.9 Å². The minimum Gasteiger partial charge on any atom is -0.444 e. The summed E-state index contributed by atoms with van der Waals surface area (Å²) in [5.74, 6) is 0.115. The Kier molecular flexibility index (Phi) is 13.8. The molecule has 4 amide bonds. The zero-order chi connectivity index (χ0) is 48.6. The molecule has 2 saturated heterocycles. The summed E-state index contributed by atoms with van der Waals surface area (Å²) >= 11 is 0. The first-order valence-electron chi connectivity index (χ1n) is 23.7. The molecule has 0 radical (unpaired) electrons. The van der Waals surface area contributed by atoms with Crippen LogP contribution >= 0.6 is 0 Å². The van der Waals surface area contributed by atoms with E-state index in [0.29, 0.717) is 94.7 Å². The molecule has 0 spiro atoms. The third-order valence-electron chi connectivity index (χ3n) is 13.8. The number of H-pyrrole nitrogens is 1. The molecule has 15 heteroatoms. The summed E-state index contributed by atoms with van der Waals surface area (Å²) < 4.78 is 5.49. The number of carbonyl (C=O) groups excluding carboxylic acids is 5. The quantitative estimate of drug-likeness (QED) is 0.112. The molecular formula is C52H67N9O6. The number of nitrogens with zero attached hydrogens (tertiary/aromatic N) is 5. The molecule has 0 saturated carbocycles. The van der Waals surface area contributed by atoms with Crippen molar-refractivity contribution < 1.29 is 28.7 Å². The predicted molar refractivity (Wildman–Crippen MR) is 259 cm³/mol. The van der Waals surface area contributed by atoms with Gasteiger partial charge in [-0.05, 0) is 106 Å². The average molecular weight is 914 g/mol. The normalized spacial score (nSPS) is 17.9. The van der Waals surface area contributed by atoms with Crippen LogP contribution in [0.5, 0.6) is 0 Å². The number of carbonyl (C=O) groups is 5. The van der Waals surface area contributed by atoms with E-state index in [9.17, 15) is 29.2 Å². The van der Waals surface area contributed by atoms with Crippen LogP contribution in [0.4, 0.5) is 16.3 Å². The smallest absolute Gasteiger partial charge is 0.408 e. The number of aromatic nitrogens is 2. The number of rotatable bonds is 13. The molecule has 2 aromatic carbocycles. The minimum atomic E-state index is -0.873. The molecule has 2 aliphatic heterocycles. The SMILES string of the molecule is CCc1cc2c(cc1N1CCN(C(=O)CCCc3cnc(N)c(CCC[C@H](NC(=O)OC(C)(C)C)C(=O)N[C@H]4CN(C(C)=O)CC4(C)C)c3)CC1)C(C)(C)c1[nH]c3cc(C#N)ccc3c1C2=O. The number of nitriles is 1. The molecule has 3 aliphatic rings. The lowest BCUT2D eigenvalue weighted by Crippen LogP contribution is -2.53. The summed E-state index contributed by atoms with van der Waals surface area (Å²) in [7, 11) is 0. The zero-order valence-corrected chi connectivity index (χ0v) is 40.7. The second kappa shape index (κ2) is 19.1. The molecule has 15 nitrogen and oxygen atoms in total. The number of amides is 4. The van der Waals surface area contributed by atoms with Gasteiger partial charge < -0.3 is 40.8 Å². The van der Waals surface area contributed by atoms with E-state index in [2.05, 4.69) is 64.5 Å². The lowest BCUT2D eigenvalue weighted by molar-refractivity contribution is -0.131. The highest BCUT2D eigenvalue weighted by Crippen LogP contribution is 2.46. The van der Waals surface area contributed by atoms with Crippen molar-refractivity contribution in [3.63, 3.8) is 0 Å². The van der Waals surface area contributed by atoms with Crippen LogP contribution in [0, 0.1) is 16.7 Å². The molecule has 7 rings (SSSR count). The molecule has 67 heavy (non-hydrogen) atoms. The van der Waals surface area contributed by atoms with E-state index < -0.39 is 23.2 Å². The standard InChI is InChI=1S/C52H67N9O6/c1-10-34-25-37-38(52(8,9)46-44(45(37)64)36-18-17-32(27-53)24-40(36)56-46)26-41(34)59-19-21-60(22-20-59)43(63)16-11-13-33-23-35(47(54)55-28-33)14-12-15-39(57-49(66)67-50(3,4)5)48(65)58-42-29-61(31(2)62)30-51(42,6)7/h17-18,23-26,28,39,42,56H,10-16,19-22,29-30H2,1-9H3,(H2,54,55)(H,57,66)(H,58,65)/t39-,42-/m0/s1. The van der Waals surface area contributed by atoms with Gasteiger partial charge in [-0.25, -0.2) is 9.78 Å². The molecule has 4 aromatic rings. The minimum absolute atomic E-state index is 0.00348. The van der Waals surface area contributed by atoms with Crippen molar-refractivity contribution in [2.45, 2.75) is 130 Å². The Labute approximate surface area is 394 Å². The maximum Gasteiger partial charge on any atom is 0.408 e. The molecule has 2 aromatic heterocycles. The Morgan fingerprint density at radius 3 is 2.39 bits per heavy atom. The second-order valence-electron chi connectivity index (χ2n) is 20.7. The number of nitrogens with one attached hydrogen (secondary N) is 3. The van der Waals surface area contributed by atoms with Crippen LogP contribution in [-0.2, 0) is 43.8 Å². The van der Waals surface area contributed by atoms with E-state index in [1.165, 1.54) is 6.92 Å². The lowest BCUT2D eigenvalue weighted by atomic mass is 9.70. The average Bonchev–Trinajstić information content (AvgIpc) is 3.82. The number of ketones is 1. The van der Waals surface area contributed by atoms with Gasteiger partial charge in [-0.2, -0.15) is 5.26 Å². The number of likely N-dealkylation sites (tertiary alicyclic amines) is 1. The van der Waals surface area contributed by atoms with Gasteiger partial charge in [0.1, 0.15) is 17.5 Å². The van der Waals surface area contributed by atoms with Crippen molar-refractivity contribution in [3.8, 4) is 6.07 Å². The maximum absolute atomic E-state index is 14.1. The number of benzene rings is 2. The van der Waals surface area contributed by atoms with Crippen molar-refractivity contribution in [2.75, 3.05) is 49.9 Å². The Hall–Kier alpha value is -6.43. The summed E-state index contributed by atoms with van der Waals surface area (Å²) in [5, 5.41) is 16.2. The fourth-order valence-electron chi connectivity index (χ4n) is 9.97. The Balaban J connectivity index is 0.931.